The van der Waals surface area contributed by atoms with Crippen molar-refractivity contribution in [2.45, 2.75) is 19.8 Å². The van der Waals surface area contributed by atoms with Crippen molar-refractivity contribution < 1.29 is 19.0 Å². The molecule has 0 amide bonds. The SMILES string of the molecule is CCNC(=NCCC(=O)OC)Nc1cccc(OCCCOC)c1.I. The van der Waals surface area contributed by atoms with Gasteiger partial charge in [0.25, 0.3) is 0 Å². The Bertz CT molecular complexity index is 526. The van der Waals surface area contributed by atoms with Gasteiger partial charge in [-0.2, -0.15) is 0 Å². The summed E-state index contributed by atoms with van der Waals surface area (Å²) in [6, 6.07) is 7.64. The van der Waals surface area contributed by atoms with E-state index in [-0.39, 0.29) is 36.4 Å². The third kappa shape index (κ3) is 10.8. The lowest BCUT2D eigenvalue weighted by Crippen LogP contribution is -2.31. The molecule has 7 nitrogen and oxygen atoms in total. The molecule has 0 unspecified atom stereocenters. The minimum Gasteiger partial charge on any atom is -0.493 e. The van der Waals surface area contributed by atoms with Crippen LogP contribution >= 0.6 is 24.0 Å². The number of carbonyl (C=O) groups excluding carboxylic acids is 1. The molecule has 0 saturated heterocycles. The van der Waals surface area contributed by atoms with Gasteiger partial charge in [0.05, 0.1) is 26.7 Å². The summed E-state index contributed by atoms with van der Waals surface area (Å²) in [6.07, 6.45) is 1.08. The van der Waals surface area contributed by atoms with E-state index in [9.17, 15) is 4.79 Å². The molecule has 1 aromatic carbocycles. The van der Waals surface area contributed by atoms with E-state index in [0.29, 0.717) is 25.7 Å². The van der Waals surface area contributed by atoms with Crippen molar-refractivity contribution >= 4 is 41.6 Å². The molecule has 1 aromatic rings. The Morgan fingerprint density at radius 3 is 2.72 bits per heavy atom. The first-order chi connectivity index (χ1) is 11.7. The topological polar surface area (TPSA) is 81.2 Å². The maximum atomic E-state index is 11.1. The maximum absolute atomic E-state index is 11.1. The zero-order chi connectivity index (χ0) is 17.6. The lowest BCUT2D eigenvalue weighted by Gasteiger charge is -2.12. The molecule has 0 aliphatic heterocycles. The number of ether oxygens (including phenoxy) is 3. The van der Waals surface area contributed by atoms with Crippen LogP contribution in [0.25, 0.3) is 0 Å². The normalized spacial score (nSPS) is 10.6. The van der Waals surface area contributed by atoms with Crippen molar-refractivity contribution in [2.24, 2.45) is 4.99 Å². The molecule has 2 N–H and O–H groups in total. The summed E-state index contributed by atoms with van der Waals surface area (Å²) < 4.78 is 15.3. The standard InChI is InChI=1S/C17H27N3O4.HI/c1-4-18-17(19-10-9-16(21)23-3)20-14-7-5-8-15(13-14)24-12-6-11-22-2;/h5,7-8,13H,4,6,9-12H2,1-3H3,(H2,18,19,20);1H. The number of hydrogen-bond acceptors (Lipinski definition) is 5. The Morgan fingerprint density at radius 2 is 2.04 bits per heavy atom. The summed E-state index contributed by atoms with van der Waals surface area (Å²) in [6.45, 7) is 4.33. The number of hydrogen-bond donors (Lipinski definition) is 2. The molecule has 1 rings (SSSR count). The van der Waals surface area contributed by atoms with E-state index in [1.54, 1.807) is 7.11 Å². The van der Waals surface area contributed by atoms with Crippen molar-refractivity contribution in [3.8, 4) is 5.75 Å². The van der Waals surface area contributed by atoms with Crippen LogP contribution in [0.5, 0.6) is 5.75 Å². The molecule has 0 bridgehead atoms. The van der Waals surface area contributed by atoms with Gasteiger partial charge in [-0.1, -0.05) is 6.07 Å². The minimum atomic E-state index is -0.277. The first-order valence-electron chi connectivity index (χ1n) is 8.03. The van der Waals surface area contributed by atoms with Crippen LogP contribution in [0.2, 0.25) is 0 Å². The van der Waals surface area contributed by atoms with E-state index in [4.69, 9.17) is 9.47 Å². The fraction of sp³-hybridized carbons (Fsp3) is 0.529. The predicted molar refractivity (Wildman–Crippen MR) is 110 cm³/mol. The Kier molecular flexibility index (Phi) is 13.8. The number of benzene rings is 1. The summed E-state index contributed by atoms with van der Waals surface area (Å²) in [4.78, 5) is 15.5. The van der Waals surface area contributed by atoms with Crippen LogP contribution in [0.15, 0.2) is 29.3 Å². The minimum absolute atomic E-state index is 0. The number of guanidine groups is 1. The van der Waals surface area contributed by atoms with E-state index < -0.39 is 0 Å². The number of esters is 1. The van der Waals surface area contributed by atoms with Crippen molar-refractivity contribution in [2.75, 3.05) is 45.8 Å². The molecule has 8 heteroatoms. The summed E-state index contributed by atoms with van der Waals surface area (Å²) >= 11 is 0. The number of rotatable bonds is 10. The summed E-state index contributed by atoms with van der Waals surface area (Å²) in [5.41, 5.74) is 0.858. The average molecular weight is 465 g/mol. The van der Waals surface area contributed by atoms with Gasteiger partial charge in [-0.3, -0.25) is 9.79 Å². The van der Waals surface area contributed by atoms with Crippen LogP contribution in [0.4, 0.5) is 5.69 Å². The molecule has 0 spiro atoms. The van der Waals surface area contributed by atoms with Crippen molar-refractivity contribution in [3.05, 3.63) is 24.3 Å². The molecule has 0 radical (unpaired) electrons. The molecule has 0 aliphatic rings. The van der Waals surface area contributed by atoms with Crippen LogP contribution in [-0.2, 0) is 14.3 Å². The fourth-order valence-corrected chi connectivity index (χ4v) is 1.86. The largest absolute Gasteiger partial charge is 0.493 e. The van der Waals surface area contributed by atoms with Crippen LogP contribution in [0.1, 0.15) is 19.8 Å². The Balaban J connectivity index is 0.00000576. The van der Waals surface area contributed by atoms with Crippen LogP contribution in [0, 0.1) is 0 Å². The van der Waals surface area contributed by atoms with E-state index in [2.05, 4.69) is 20.4 Å². The number of aliphatic imine (C=N–C) groups is 1. The number of anilines is 1. The van der Waals surface area contributed by atoms with Gasteiger partial charge in [-0.05, 0) is 19.1 Å². The molecule has 25 heavy (non-hydrogen) atoms. The van der Waals surface area contributed by atoms with Gasteiger partial charge in [0, 0.05) is 38.4 Å². The van der Waals surface area contributed by atoms with Gasteiger partial charge in [0.15, 0.2) is 5.96 Å². The molecule has 142 valence electrons. The highest BCUT2D eigenvalue weighted by Gasteiger charge is 2.03. The third-order valence-corrected chi connectivity index (χ3v) is 3.02. The second kappa shape index (κ2) is 14.8. The smallest absolute Gasteiger partial charge is 0.307 e. The monoisotopic (exact) mass is 465 g/mol. The first-order valence-corrected chi connectivity index (χ1v) is 8.03. The number of nitrogens with zero attached hydrogens (tertiary/aromatic N) is 1. The Morgan fingerprint density at radius 1 is 1.24 bits per heavy atom. The van der Waals surface area contributed by atoms with Gasteiger partial charge in [0.1, 0.15) is 5.75 Å². The van der Waals surface area contributed by atoms with Gasteiger partial charge in [-0.15, -0.1) is 24.0 Å². The van der Waals surface area contributed by atoms with E-state index >= 15 is 0 Å². The second-order valence-electron chi connectivity index (χ2n) is 4.93. The summed E-state index contributed by atoms with van der Waals surface area (Å²) in [5, 5.41) is 6.33. The van der Waals surface area contributed by atoms with E-state index in [1.165, 1.54) is 7.11 Å². The third-order valence-electron chi connectivity index (χ3n) is 3.02. The number of methoxy groups -OCH3 is 2. The van der Waals surface area contributed by atoms with Crippen LogP contribution in [0.3, 0.4) is 0 Å². The van der Waals surface area contributed by atoms with E-state index in [0.717, 1.165) is 24.4 Å². The number of halogens is 1. The fourth-order valence-electron chi connectivity index (χ4n) is 1.86. The molecule has 0 fully saturated rings. The molecule has 0 atom stereocenters. The zero-order valence-electron chi connectivity index (χ0n) is 15.0. The highest BCUT2D eigenvalue weighted by Crippen LogP contribution is 2.17. The molecule has 0 aromatic heterocycles. The molecule has 0 heterocycles. The second-order valence-corrected chi connectivity index (χ2v) is 4.93. The predicted octanol–water partition coefficient (Wildman–Crippen LogP) is 2.66. The van der Waals surface area contributed by atoms with Crippen molar-refractivity contribution in [1.82, 2.24) is 5.32 Å². The average Bonchev–Trinajstić information content (AvgIpc) is 2.59. The Labute approximate surface area is 166 Å². The van der Waals surface area contributed by atoms with Crippen molar-refractivity contribution in [3.63, 3.8) is 0 Å². The number of nitrogens with one attached hydrogen (secondary N) is 2. The van der Waals surface area contributed by atoms with Gasteiger partial charge < -0.3 is 24.8 Å². The molecular weight excluding hydrogens is 437 g/mol. The van der Waals surface area contributed by atoms with E-state index in [1.807, 2.05) is 31.2 Å². The highest BCUT2D eigenvalue weighted by atomic mass is 127. The highest BCUT2D eigenvalue weighted by molar-refractivity contribution is 14.0. The quantitative estimate of drug-likeness (QED) is 0.182. The van der Waals surface area contributed by atoms with Gasteiger partial charge in [0.2, 0.25) is 0 Å². The zero-order valence-corrected chi connectivity index (χ0v) is 17.4. The lowest BCUT2D eigenvalue weighted by atomic mass is 10.3. The summed E-state index contributed by atoms with van der Waals surface area (Å²) in [7, 11) is 3.04. The molecule has 0 saturated carbocycles. The van der Waals surface area contributed by atoms with Crippen molar-refractivity contribution in [1.29, 1.82) is 0 Å². The lowest BCUT2D eigenvalue weighted by molar-refractivity contribution is -0.140. The van der Waals surface area contributed by atoms with Gasteiger partial charge >= 0.3 is 5.97 Å². The molecular formula is C17H28IN3O4. The first kappa shape index (κ1) is 23.4. The van der Waals surface area contributed by atoms with Crippen LogP contribution in [-0.4, -0.2) is 52.5 Å². The van der Waals surface area contributed by atoms with Crippen LogP contribution < -0.4 is 15.4 Å². The molecule has 0 aliphatic carbocycles. The number of carbonyl (C=O) groups is 1. The Hall–Kier alpha value is -1.55. The maximum Gasteiger partial charge on any atom is 0.307 e. The summed E-state index contributed by atoms with van der Waals surface area (Å²) in [5.74, 6) is 1.11. The van der Waals surface area contributed by atoms with Gasteiger partial charge in [-0.25, -0.2) is 0 Å².